The standard InChI is InChI=1S/C29H31NS.ClH/c1-18-7-6-8-21(15-18)24-17-25(20-10-12-22(13-11-20)29(3,4)5)30-28-27(24)23-14-9-19(2)16-26(23)31-28;/h6-8,10-13,15,17,19H,9,14,16H2,1-5H3;1H/p-1. The second kappa shape index (κ2) is 8.65. The van der Waals surface area contributed by atoms with Crippen LogP contribution < -0.4 is 12.4 Å². The van der Waals surface area contributed by atoms with E-state index in [2.05, 4.69) is 89.2 Å². The summed E-state index contributed by atoms with van der Waals surface area (Å²) in [6.07, 6.45) is 3.65. The van der Waals surface area contributed by atoms with E-state index in [9.17, 15) is 0 Å². The third-order valence-corrected chi connectivity index (χ3v) is 7.79. The number of hydrogen-bond donors (Lipinski definition) is 0. The predicted octanol–water partition coefficient (Wildman–Crippen LogP) is 5.37. The van der Waals surface area contributed by atoms with Crippen molar-refractivity contribution in [3.05, 3.63) is 76.2 Å². The lowest BCUT2D eigenvalue weighted by molar-refractivity contribution is -0.00000673. The molecule has 0 radical (unpaired) electrons. The lowest BCUT2D eigenvalue weighted by Crippen LogP contribution is -3.00. The van der Waals surface area contributed by atoms with Crippen molar-refractivity contribution in [1.29, 1.82) is 0 Å². The highest BCUT2D eigenvalue weighted by Gasteiger charge is 2.24. The Morgan fingerprint density at radius 1 is 0.969 bits per heavy atom. The third kappa shape index (κ3) is 4.23. The summed E-state index contributed by atoms with van der Waals surface area (Å²) in [6, 6.07) is 20.3. The van der Waals surface area contributed by atoms with Crippen LogP contribution in [0.4, 0.5) is 0 Å². The van der Waals surface area contributed by atoms with E-state index in [0.29, 0.717) is 0 Å². The molecule has 1 aliphatic carbocycles. The van der Waals surface area contributed by atoms with Gasteiger partial charge in [-0.25, -0.2) is 4.98 Å². The summed E-state index contributed by atoms with van der Waals surface area (Å²) in [5.74, 6) is 0.771. The molecular formula is C29H31ClNS-. The number of hydrogen-bond acceptors (Lipinski definition) is 2. The van der Waals surface area contributed by atoms with Gasteiger partial charge in [-0.1, -0.05) is 81.8 Å². The maximum Gasteiger partial charge on any atom is 0.125 e. The van der Waals surface area contributed by atoms with E-state index >= 15 is 0 Å². The Bertz CT molecular complexity index is 1260. The van der Waals surface area contributed by atoms with Crippen LogP contribution in [0.1, 0.15) is 55.7 Å². The molecule has 0 N–H and O–H groups in total. The molecule has 1 nitrogen and oxygen atoms in total. The molecule has 2 heterocycles. The molecule has 0 saturated heterocycles. The maximum atomic E-state index is 5.19. The first-order valence-corrected chi connectivity index (χ1v) is 12.2. The number of nitrogens with zero attached hydrogens (tertiary/aromatic N) is 1. The first kappa shape index (κ1) is 23.0. The fourth-order valence-corrected chi connectivity index (χ4v) is 6.18. The van der Waals surface area contributed by atoms with Gasteiger partial charge in [0.2, 0.25) is 0 Å². The Morgan fingerprint density at radius 3 is 2.41 bits per heavy atom. The molecule has 0 amide bonds. The van der Waals surface area contributed by atoms with E-state index < -0.39 is 0 Å². The summed E-state index contributed by atoms with van der Waals surface area (Å²) in [4.78, 5) is 7.95. The van der Waals surface area contributed by atoms with Crippen molar-refractivity contribution in [3.63, 3.8) is 0 Å². The van der Waals surface area contributed by atoms with Gasteiger partial charge in [-0.15, -0.1) is 11.3 Å². The van der Waals surface area contributed by atoms with Gasteiger partial charge in [-0.3, -0.25) is 0 Å². The molecule has 3 heteroatoms. The van der Waals surface area contributed by atoms with E-state index in [1.807, 2.05) is 11.3 Å². The highest BCUT2D eigenvalue weighted by atomic mass is 35.5. The number of fused-ring (bicyclic) bond motifs is 3. The van der Waals surface area contributed by atoms with Crippen LogP contribution in [-0.2, 0) is 18.3 Å². The van der Waals surface area contributed by atoms with Crippen LogP contribution in [0.25, 0.3) is 32.6 Å². The molecule has 2 aromatic heterocycles. The molecule has 166 valence electrons. The Balaban J connectivity index is 0.00000245. The zero-order chi connectivity index (χ0) is 21.8. The van der Waals surface area contributed by atoms with Crippen molar-refractivity contribution in [1.82, 2.24) is 4.98 Å². The first-order chi connectivity index (χ1) is 14.8. The Kier molecular flexibility index (Phi) is 6.22. The predicted molar refractivity (Wildman–Crippen MR) is 135 cm³/mol. The summed E-state index contributed by atoms with van der Waals surface area (Å²) in [5.41, 5.74) is 9.30. The summed E-state index contributed by atoms with van der Waals surface area (Å²) >= 11 is 1.92. The Labute approximate surface area is 202 Å². The zero-order valence-corrected chi connectivity index (χ0v) is 21.2. The smallest absolute Gasteiger partial charge is 0.125 e. The Morgan fingerprint density at radius 2 is 1.72 bits per heavy atom. The number of aromatic nitrogens is 1. The average Bonchev–Trinajstić information content (AvgIpc) is 3.10. The number of thiophene rings is 1. The van der Waals surface area contributed by atoms with Crippen LogP contribution in [-0.4, -0.2) is 4.98 Å². The molecule has 0 fully saturated rings. The van der Waals surface area contributed by atoms with E-state index in [4.69, 9.17) is 4.98 Å². The van der Waals surface area contributed by atoms with Crippen molar-refractivity contribution in [2.45, 2.75) is 59.3 Å². The monoisotopic (exact) mass is 460 g/mol. The molecule has 1 unspecified atom stereocenters. The molecule has 5 rings (SSSR count). The molecule has 0 bridgehead atoms. The van der Waals surface area contributed by atoms with Gasteiger partial charge in [0, 0.05) is 15.8 Å². The topological polar surface area (TPSA) is 12.9 Å². The van der Waals surface area contributed by atoms with Gasteiger partial charge >= 0.3 is 0 Å². The summed E-state index contributed by atoms with van der Waals surface area (Å²) in [5, 5.41) is 1.40. The molecule has 0 spiro atoms. The van der Waals surface area contributed by atoms with Crippen LogP contribution in [0.2, 0.25) is 0 Å². The molecule has 2 aromatic carbocycles. The molecule has 1 atom stereocenters. The SMILES string of the molecule is Cc1cccc(-c2cc(-c3ccc(C(C)(C)C)cc3)nc3sc4c(c23)CCC(C)C4)c1.[Cl-]. The largest absolute Gasteiger partial charge is 1.00 e. The van der Waals surface area contributed by atoms with Crippen molar-refractivity contribution < 1.29 is 12.4 Å². The van der Waals surface area contributed by atoms with Gasteiger partial charge in [0.1, 0.15) is 4.83 Å². The minimum Gasteiger partial charge on any atom is -1.00 e. The lowest BCUT2D eigenvalue weighted by atomic mass is 9.86. The Hall–Kier alpha value is -2.16. The quantitative estimate of drug-likeness (QED) is 0.392. The number of halogens is 1. The highest BCUT2D eigenvalue weighted by molar-refractivity contribution is 7.19. The molecule has 32 heavy (non-hydrogen) atoms. The fraction of sp³-hybridized carbons (Fsp3) is 0.345. The van der Waals surface area contributed by atoms with Gasteiger partial charge in [0.15, 0.2) is 0 Å². The van der Waals surface area contributed by atoms with Crippen LogP contribution >= 0.6 is 11.3 Å². The van der Waals surface area contributed by atoms with Gasteiger partial charge in [0.05, 0.1) is 5.69 Å². The molecule has 0 saturated carbocycles. The second-order valence-corrected chi connectivity index (χ2v) is 11.4. The van der Waals surface area contributed by atoms with Gasteiger partial charge in [-0.2, -0.15) is 0 Å². The molecule has 1 aliphatic rings. The van der Waals surface area contributed by atoms with Crippen molar-refractivity contribution in [3.8, 4) is 22.4 Å². The second-order valence-electron chi connectivity index (χ2n) is 10.3. The summed E-state index contributed by atoms with van der Waals surface area (Å²) in [6.45, 7) is 11.3. The number of aryl methyl sites for hydroxylation is 2. The van der Waals surface area contributed by atoms with Crippen molar-refractivity contribution >= 4 is 21.6 Å². The number of benzene rings is 2. The molecular weight excluding hydrogens is 430 g/mol. The number of pyridine rings is 1. The first-order valence-electron chi connectivity index (χ1n) is 11.4. The van der Waals surface area contributed by atoms with E-state index in [0.717, 1.165) is 11.6 Å². The van der Waals surface area contributed by atoms with Crippen LogP contribution in [0, 0.1) is 12.8 Å². The lowest BCUT2D eigenvalue weighted by Gasteiger charge is -2.19. The summed E-state index contributed by atoms with van der Waals surface area (Å²) in [7, 11) is 0. The maximum absolute atomic E-state index is 5.19. The number of rotatable bonds is 2. The molecule has 0 aliphatic heterocycles. The molecule has 4 aromatic rings. The van der Waals surface area contributed by atoms with Crippen molar-refractivity contribution in [2.24, 2.45) is 5.92 Å². The van der Waals surface area contributed by atoms with Crippen LogP contribution in [0.15, 0.2) is 54.6 Å². The third-order valence-electron chi connectivity index (χ3n) is 6.64. The van der Waals surface area contributed by atoms with Crippen LogP contribution in [0.5, 0.6) is 0 Å². The minimum absolute atomic E-state index is 0. The van der Waals surface area contributed by atoms with E-state index in [1.54, 1.807) is 10.4 Å². The average molecular weight is 461 g/mol. The summed E-state index contributed by atoms with van der Waals surface area (Å²) < 4.78 is 0. The fourth-order valence-electron chi connectivity index (χ4n) is 4.77. The normalized spacial score (nSPS) is 16.0. The van der Waals surface area contributed by atoms with Crippen LogP contribution in [0.3, 0.4) is 0 Å². The van der Waals surface area contributed by atoms with Gasteiger partial charge in [-0.05, 0) is 65.8 Å². The zero-order valence-electron chi connectivity index (χ0n) is 19.6. The highest BCUT2D eigenvalue weighted by Crippen LogP contribution is 2.43. The van der Waals surface area contributed by atoms with E-state index in [1.165, 1.54) is 57.3 Å². The van der Waals surface area contributed by atoms with Gasteiger partial charge in [0.25, 0.3) is 0 Å². The van der Waals surface area contributed by atoms with Crippen molar-refractivity contribution in [2.75, 3.05) is 0 Å². The van der Waals surface area contributed by atoms with E-state index in [-0.39, 0.29) is 17.8 Å². The minimum atomic E-state index is 0. The van der Waals surface area contributed by atoms with Gasteiger partial charge < -0.3 is 12.4 Å².